The molecule has 1 fully saturated rings. The Kier molecular flexibility index (Phi) is 3.90. The van der Waals surface area contributed by atoms with Gasteiger partial charge in [0, 0.05) is 19.6 Å². The molecule has 0 amide bonds. The summed E-state index contributed by atoms with van der Waals surface area (Å²) in [7, 11) is 0. The number of hydrogen-bond acceptors (Lipinski definition) is 4. The Hall–Kier alpha value is -2.47. The molecule has 1 saturated heterocycles. The Labute approximate surface area is 156 Å². The van der Waals surface area contributed by atoms with Gasteiger partial charge in [-0.3, -0.25) is 0 Å². The van der Waals surface area contributed by atoms with E-state index in [9.17, 15) is 8.78 Å². The monoisotopic (exact) mass is 369 g/mol. The number of hydrogen-bond donors (Lipinski definition) is 1. The zero-order chi connectivity index (χ0) is 18.4. The zero-order valence-electron chi connectivity index (χ0n) is 14.9. The van der Waals surface area contributed by atoms with Crippen molar-refractivity contribution in [1.82, 2.24) is 10.2 Å². The number of rotatable bonds is 2. The maximum atomic E-state index is 14.7. The molecular formula is C21H21F2N3O. The molecule has 2 aromatic carbocycles. The average Bonchev–Trinajstić information content (AvgIpc) is 3.16. The predicted octanol–water partition coefficient (Wildman–Crippen LogP) is 2.84. The summed E-state index contributed by atoms with van der Waals surface area (Å²) in [5.41, 5.74) is 2.08. The third-order valence-corrected chi connectivity index (χ3v) is 5.79. The van der Waals surface area contributed by atoms with Crippen LogP contribution in [0.1, 0.15) is 22.7 Å². The largest absolute Gasteiger partial charge is 0.463 e. The van der Waals surface area contributed by atoms with E-state index in [4.69, 9.17) is 4.74 Å². The fraction of sp³-hybridized carbons (Fsp3) is 0.381. The van der Waals surface area contributed by atoms with Gasteiger partial charge >= 0.3 is 0 Å². The molecule has 6 heteroatoms. The SMILES string of the molecule is Fc1ccc([C@H]2c3ccccc3CCN2C2=N[C@H](C3(F)CNC3)CO2)cc1. The van der Waals surface area contributed by atoms with Crippen molar-refractivity contribution in [3.63, 3.8) is 0 Å². The standard InChI is InChI=1S/C21H21F2N3O/c22-16-7-5-15(6-8-16)19-17-4-2-1-3-14(17)9-10-26(19)20-25-18(11-27-20)21(23)12-24-13-21/h1-8,18-19,24H,9-13H2/t18-,19-/m0/s1. The first kappa shape index (κ1) is 16.7. The van der Waals surface area contributed by atoms with Crippen molar-refractivity contribution in [2.75, 3.05) is 26.2 Å². The molecule has 2 aromatic rings. The minimum Gasteiger partial charge on any atom is -0.463 e. The van der Waals surface area contributed by atoms with Gasteiger partial charge < -0.3 is 15.0 Å². The first-order valence-electron chi connectivity index (χ1n) is 9.34. The molecule has 4 nitrogen and oxygen atoms in total. The molecule has 0 unspecified atom stereocenters. The fourth-order valence-electron chi connectivity index (χ4n) is 4.16. The highest BCUT2D eigenvalue weighted by molar-refractivity contribution is 5.77. The Morgan fingerprint density at radius 1 is 1.11 bits per heavy atom. The first-order chi connectivity index (χ1) is 13.1. The van der Waals surface area contributed by atoms with Gasteiger partial charge in [-0.05, 0) is 35.2 Å². The summed E-state index contributed by atoms with van der Waals surface area (Å²) in [5, 5.41) is 2.98. The summed E-state index contributed by atoms with van der Waals surface area (Å²) in [4.78, 5) is 6.69. The van der Waals surface area contributed by atoms with E-state index in [2.05, 4.69) is 27.3 Å². The molecule has 0 aromatic heterocycles. The molecular weight excluding hydrogens is 348 g/mol. The Morgan fingerprint density at radius 2 is 1.89 bits per heavy atom. The van der Waals surface area contributed by atoms with Gasteiger partial charge in [0.2, 0.25) is 0 Å². The second-order valence-electron chi connectivity index (χ2n) is 7.47. The van der Waals surface area contributed by atoms with E-state index in [0.29, 0.717) is 19.1 Å². The second kappa shape index (κ2) is 6.30. The first-order valence-corrected chi connectivity index (χ1v) is 9.34. The van der Waals surface area contributed by atoms with Crippen molar-refractivity contribution < 1.29 is 13.5 Å². The highest BCUT2D eigenvalue weighted by Gasteiger charge is 2.48. The normalized spacial score (nSPS) is 26.0. The number of aliphatic imine (C=N–C) groups is 1. The van der Waals surface area contributed by atoms with Crippen LogP contribution in [0.5, 0.6) is 0 Å². The van der Waals surface area contributed by atoms with Gasteiger partial charge in [-0.2, -0.15) is 0 Å². The summed E-state index contributed by atoms with van der Waals surface area (Å²) in [6.45, 7) is 1.63. The molecule has 1 N–H and O–H groups in total. The Bertz CT molecular complexity index is 879. The van der Waals surface area contributed by atoms with E-state index >= 15 is 0 Å². The molecule has 0 bridgehead atoms. The number of ether oxygens (including phenoxy) is 1. The lowest BCUT2D eigenvalue weighted by molar-refractivity contribution is 0.0498. The minimum atomic E-state index is -1.32. The van der Waals surface area contributed by atoms with E-state index in [1.165, 1.54) is 17.7 Å². The predicted molar refractivity (Wildman–Crippen MR) is 99.0 cm³/mol. The van der Waals surface area contributed by atoms with Crippen molar-refractivity contribution >= 4 is 6.02 Å². The molecule has 5 rings (SSSR count). The summed E-state index contributed by atoms with van der Waals surface area (Å²) in [5.74, 6) is -0.263. The van der Waals surface area contributed by atoms with Gasteiger partial charge in [0.15, 0.2) is 5.67 Å². The molecule has 2 atom stereocenters. The Balaban J connectivity index is 1.53. The summed E-state index contributed by atoms with van der Waals surface area (Å²) >= 11 is 0. The lowest BCUT2D eigenvalue weighted by Crippen LogP contribution is -2.62. The van der Waals surface area contributed by atoms with Crippen LogP contribution in [0.4, 0.5) is 8.78 Å². The van der Waals surface area contributed by atoms with Gasteiger partial charge in [0.25, 0.3) is 6.02 Å². The highest BCUT2D eigenvalue weighted by atomic mass is 19.1. The van der Waals surface area contributed by atoms with Crippen molar-refractivity contribution in [2.45, 2.75) is 24.2 Å². The number of benzene rings is 2. The third kappa shape index (κ3) is 2.79. The van der Waals surface area contributed by atoms with Gasteiger partial charge in [-0.25, -0.2) is 13.8 Å². The van der Waals surface area contributed by atoms with Crippen LogP contribution in [-0.4, -0.2) is 48.9 Å². The van der Waals surface area contributed by atoms with Crippen LogP contribution in [0.2, 0.25) is 0 Å². The van der Waals surface area contributed by atoms with Crippen LogP contribution in [0, 0.1) is 5.82 Å². The van der Waals surface area contributed by atoms with E-state index in [-0.39, 0.29) is 18.5 Å². The summed E-state index contributed by atoms with van der Waals surface area (Å²) in [6.07, 6.45) is 0.864. The number of alkyl halides is 1. The smallest absolute Gasteiger partial charge is 0.288 e. The molecule has 3 aliphatic rings. The van der Waals surface area contributed by atoms with Crippen molar-refractivity contribution in [2.24, 2.45) is 4.99 Å². The van der Waals surface area contributed by atoms with Crippen molar-refractivity contribution in [1.29, 1.82) is 0 Å². The molecule has 0 radical (unpaired) electrons. The maximum absolute atomic E-state index is 14.7. The quantitative estimate of drug-likeness (QED) is 0.885. The zero-order valence-corrected chi connectivity index (χ0v) is 14.9. The number of nitrogens with zero attached hydrogens (tertiary/aromatic N) is 2. The highest BCUT2D eigenvalue weighted by Crippen LogP contribution is 2.37. The van der Waals surface area contributed by atoms with E-state index in [1.807, 2.05) is 12.1 Å². The van der Waals surface area contributed by atoms with Crippen molar-refractivity contribution in [3.8, 4) is 0 Å². The van der Waals surface area contributed by atoms with Crippen LogP contribution >= 0.6 is 0 Å². The summed E-state index contributed by atoms with van der Waals surface area (Å²) in [6, 6.07) is 14.7. The average molecular weight is 369 g/mol. The second-order valence-corrected chi connectivity index (χ2v) is 7.47. The lowest BCUT2D eigenvalue weighted by Gasteiger charge is -2.38. The van der Waals surface area contributed by atoms with Crippen LogP contribution < -0.4 is 5.32 Å². The van der Waals surface area contributed by atoms with Gasteiger partial charge in [-0.15, -0.1) is 0 Å². The molecule has 0 spiro atoms. The van der Waals surface area contributed by atoms with Gasteiger partial charge in [-0.1, -0.05) is 36.4 Å². The number of halogens is 2. The number of fused-ring (bicyclic) bond motifs is 1. The molecule has 3 heterocycles. The van der Waals surface area contributed by atoms with E-state index in [0.717, 1.165) is 24.1 Å². The molecule has 140 valence electrons. The minimum absolute atomic E-state index is 0.122. The van der Waals surface area contributed by atoms with Gasteiger partial charge in [0.1, 0.15) is 18.5 Å². The molecule has 0 saturated carbocycles. The van der Waals surface area contributed by atoms with Crippen molar-refractivity contribution in [3.05, 3.63) is 71.0 Å². The molecule has 0 aliphatic carbocycles. The summed E-state index contributed by atoms with van der Waals surface area (Å²) < 4.78 is 34.1. The molecule has 3 aliphatic heterocycles. The van der Waals surface area contributed by atoms with Crippen LogP contribution in [-0.2, 0) is 11.2 Å². The Morgan fingerprint density at radius 3 is 2.63 bits per heavy atom. The van der Waals surface area contributed by atoms with Crippen LogP contribution in [0.3, 0.4) is 0 Å². The topological polar surface area (TPSA) is 36.9 Å². The van der Waals surface area contributed by atoms with E-state index < -0.39 is 11.7 Å². The fourth-order valence-corrected chi connectivity index (χ4v) is 4.16. The van der Waals surface area contributed by atoms with E-state index in [1.54, 1.807) is 12.1 Å². The van der Waals surface area contributed by atoms with Crippen LogP contribution in [0.25, 0.3) is 0 Å². The van der Waals surface area contributed by atoms with Gasteiger partial charge in [0.05, 0.1) is 6.04 Å². The maximum Gasteiger partial charge on any atom is 0.288 e. The number of amidine groups is 1. The third-order valence-electron chi connectivity index (χ3n) is 5.79. The molecule has 27 heavy (non-hydrogen) atoms. The van der Waals surface area contributed by atoms with Crippen LogP contribution in [0.15, 0.2) is 53.5 Å². The number of nitrogens with one attached hydrogen (secondary N) is 1. The lowest BCUT2D eigenvalue weighted by atomic mass is 9.88.